The van der Waals surface area contributed by atoms with Crippen molar-refractivity contribution >= 4 is 22.7 Å². The zero-order chi connectivity index (χ0) is 16.4. The molecule has 7 heteroatoms. The van der Waals surface area contributed by atoms with E-state index in [2.05, 4.69) is 14.9 Å². The minimum Gasteiger partial charge on any atom is -0.493 e. The van der Waals surface area contributed by atoms with Crippen LogP contribution >= 0.6 is 0 Å². The van der Waals surface area contributed by atoms with Gasteiger partial charge in [0.25, 0.3) is 0 Å². The summed E-state index contributed by atoms with van der Waals surface area (Å²) in [6.07, 6.45) is 2.76. The smallest absolute Gasteiger partial charge is 0.306 e. The fourth-order valence-corrected chi connectivity index (χ4v) is 2.96. The van der Waals surface area contributed by atoms with Crippen LogP contribution in [0.25, 0.3) is 10.9 Å². The molecular weight excluding hydrogens is 298 g/mol. The number of ether oxygens (including phenoxy) is 2. The predicted molar refractivity (Wildman–Crippen MR) is 85.2 cm³/mol. The molecule has 23 heavy (non-hydrogen) atoms. The maximum absolute atomic E-state index is 11.1. The second kappa shape index (κ2) is 6.28. The molecule has 0 aliphatic carbocycles. The van der Waals surface area contributed by atoms with Crippen LogP contribution in [0.5, 0.6) is 11.5 Å². The van der Waals surface area contributed by atoms with Crippen LogP contribution in [-0.2, 0) is 4.79 Å². The van der Waals surface area contributed by atoms with E-state index in [1.165, 1.54) is 6.33 Å². The van der Waals surface area contributed by atoms with Crippen LogP contribution in [0.4, 0.5) is 5.82 Å². The number of carboxylic acids is 1. The lowest BCUT2D eigenvalue weighted by Crippen LogP contribution is -2.36. The Kier molecular flexibility index (Phi) is 4.18. The Hall–Kier alpha value is -2.57. The number of benzene rings is 1. The van der Waals surface area contributed by atoms with Crippen LogP contribution in [0.15, 0.2) is 18.5 Å². The molecule has 2 aromatic rings. The summed E-state index contributed by atoms with van der Waals surface area (Å²) >= 11 is 0. The lowest BCUT2D eigenvalue weighted by Gasteiger charge is -2.31. The minimum absolute atomic E-state index is 0.269. The molecule has 0 bridgehead atoms. The molecule has 1 aliphatic heterocycles. The molecule has 0 amide bonds. The summed E-state index contributed by atoms with van der Waals surface area (Å²) in [4.78, 5) is 21.9. The highest BCUT2D eigenvalue weighted by atomic mass is 16.5. The molecule has 1 fully saturated rings. The summed E-state index contributed by atoms with van der Waals surface area (Å²) in [6.45, 7) is 1.33. The Bertz CT molecular complexity index is 727. The second-order valence-electron chi connectivity index (χ2n) is 5.52. The van der Waals surface area contributed by atoms with Crippen LogP contribution in [-0.4, -0.2) is 48.4 Å². The van der Waals surface area contributed by atoms with Gasteiger partial charge in [0, 0.05) is 24.5 Å². The van der Waals surface area contributed by atoms with E-state index in [0.717, 1.165) is 16.7 Å². The van der Waals surface area contributed by atoms with Gasteiger partial charge in [0.15, 0.2) is 11.5 Å². The Balaban J connectivity index is 1.97. The summed E-state index contributed by atoms with van der Waals surface area (Å²) in [5, 5.41) is 9.99. The Labute approximate surface area is 133 Å². The van der Waals surface area contributed by atoms with Gasteiger partial charge < -0.3 is 19.5 Å². The number of carbonyl (C=O) groups is 1. The van der Waals surface area contributed by atoms with Crippen molar-refractivity contribution in [2.75, 3.05) is 32.2 Å². The average molecular weight is 317 g/mol. The normalized spacial score (nSPS) is 15.7. The summed E-state index contributed by atoms with van der Waals surface area (Å²) in [5.41, 5.74) is 0.771. The number of rotatable bonds is 4. The molecule has 7 nitrogen and oxygen atoms in total. The summed E-state index contributed by atoms with van der Waals surface area (Å²) in [6, 6.07) is 3.69. The van der Waals surface area contributed by atoms with E-state index < -0.39 is 5.97 Å². The van der Waals surface area contributed by atoms with Crippen molar-refractivity contribution in [3.63, 3.8) is 0 Å². The number of piperidine rings is 1. The van der Waals surface area contributed by atoms with Gasteiger partial charge in [0.1, 0.15) is 12.1 Å². The van der Waals surface area contributed by atoms with E-state index in [4.69, 9.17) is 14.6 Å². The molecule has 3 rings (SSSR count). The van der Waals surface area contributed by atoms with Crippen molar-refractivity contribution in [3.05, 3.63) is 18.5 Å². The monoisotopic (exact) mass is 317 g/mol. The van der Waals surface area contributed by atoms with Crippen LogP contribution < -0.4 is 14.4 Å². The Morgan fingerprint density at radius 2 is 1.83 bits per heavy atom. The van der Waals surface area contributed by atoms with Gasteiger partial charge in [-0.25, -0.2) is 9.97 Å². The third-order valence-corrected chi connectivity index (χ3v) is 4.26. The van der Waals surface area contributed by atoms with Crippen molar-refractivity contribution in [3.8, 4) is 11.5 Å². The minimum atomic E-state index is -0.719. The van der Waals surface area contributed by atoms with Crippen molar-refractivity contribution in [2.24, 2.45) is 5.92 Å². The van der Waals surface area contributed by atoms with E-state index in [9.17, 15) is 4.79 Å². The predicted octanol–water partition coefficient (Wildman–Crippen LogP) is 1.95. The first-order chi connectivity index (χ1) is 11.1. The number of nitrogens with zero attached hydrogens (tertiary/aromatic N) is 3. The lowest BCUT2D eigenvalue weighted by atomic mass is 9.97. The molecule has 122 valence electrons. The Morgan fingerprint density at radius 3 is 2.43 bits per heavy atom. The van der Waals surface area contributed by atoms with E-state index in [0.29, 0.717) is 37.4 Å². The van der Waals surface area contributed by atoms with Gasteiger partial charge in [-0.3, -0.25) is 4.79 Å². The number of carboxylic acid groups (broad SMARTS) is 1. The second-order valence-corrected chi connectivity index (χ2v) is 5.52. The van der Waals surface area contributed by atoms with Gasteiger partial charge in [0.05, 0.1) is 25.7 Å². The number of anilines is 1. The van der Waals surface area contributed by atoms with Gasteiger partial charge in [-0.2, -0.15) is 0 Å². The number of fused-ring (bicyclic) bond motifs is 1. The average Bonchev–Trinajstić information content (AvgIpc) is 2.60. The molecule has 1 aromatic heterocycles. The molecule has 1 N–H and O–H groups in total. The molecule has 1 aromatic carbocycles. The molecule has 1 saturated heterocycles. The maximum Gasteiger partial charge on any atom is 0.306 e. The number of hydrogen-bond donors (Lipinski definition) is 1. The first-order valence-electron chi connectivity index (χ1n) is 7.48. The van der Waals surface area contributed by atoms with Gasteiger partial charge in [-0.05, 0) is 18.9 Å². The fourth-order valence-electron chi connectivity index (χ4n) is 2.96. The van der Waals surface area contributed by atoms with Gasteiger partial charge in [0.2, 0.25) is 0 Å². The topological polar surface area (TPSA) is 84.8 Å². The van der Waals surface area contributed by atoms with Crippen LogP contribution in [0.3, 0.4) is 0 Å². The summed E-state index contributed by atoms with van der Waals surface area (Å²) in [7, 11) is 3.17. The number of hydrogen-bond acceptors (Lipinski definition) is 6. The van der Waals surface area contributed by atoms with E-state index in [-0.39, 0.29) is 5.92 Å². The highest BCUT2D eigenvalue weighted by Crippen LogP contribution is 2.35. The van der Waals surface area contributed by atoms with Crippen LogP contribution in [0, 0.1) is 5.92 Å². The maximum atomic E-state index is 11.1. The van der Waals surface area contributed by atoms with E-state index in [1.54, 1.807) is 14.2 Å². The van der Waals surface area contributed by atoms with E-state index >= 15 is 0 Å². The highest BCUT2D eigenvalue weighted by molar-refractivity contribution is 5.92. The standard InChI is InChI=1S/C16H19N3O4/c1-22-13-7-11-12(8-14(13)23-2)17-9-18-15(11)19-5-3-10(4-6-19)16(20)21/h7-10H,3-6H2,1-2H3,(H,20,21). The van der Waals surface area contributed by atoms with Crippen molar-refractivity contribution in [1.82, 2.24) is 9.97 Å². The first-order valence-corrected chi connectivity index (χ1v) is 7.48. The SMILES string of the molecule is COc1cc2ncnc(N3CCC(C(=O)O)CC3)c2cc1OC. The highest BCUT2D eigenvalue weighted by Gasteiger charge is 2.26. The van der Waals surface area contributed by atoms with Gasteiger partial charge in [-0.1, -0.05) is 0 Å². The molecule has 0 spiro atoms. The summed E-state index contributed by atoms with van der Waals surface area (Å²) in [5.74, 6) is 1.06. The number of aliphatic carboxylic acids is 1. The fraction of sp³-hybridized carbons (Fsp3) is 0.438. The summed E-state index contributed by atoms with van der Waals surface area (Å²) < 4.78 is 10.7. The molecule has 0 unspecified atom stereocenters. The molecule has 1 aliphatic rings. The first kappa shape index (κ1) is 15.3. The Morgan fingerprint density at radius 1 is 1.17 bits per heavy atom. The zero-order valence-electron chi connectivity index (χ0n) is 13.2. The zero-order valence-corrected chi connectivity index (χ0v) is 13.2. The number of aromatic nitrogens is 2. The van der Waals surface area contributed by atoms with Crippen LogP contribution in [0.1, 0.15) is 12.8 Å². The van der Waals surface area contributed by atoms with Crippen molar-refractivity contribution in [2.45, 2.75) is 12.8 Å². The molecule has 0 radical (unpaired) electrons. The molecule has 2 heterocycles. The van der Waals surface area contributed by atoms with Crippen LogP contribution in [0.2, 0.25) is 0 Å². The van der Waals surface area contributed by atoms with Crippen molar-refractivity contribution < 1.29 is 19.4 Å². The van der Waals surface area contributed by atoms with Gasteiger partial charge in [-0.15, -0.1) is 0 Å². The molecule has 0 atom stereocenters. The third-order valence-electron chi connectivity index (χ3n) is 4.26. The van der Waals surface area contributed by atoms with Gasteiger partial charge >= 0.3 is 5.97 Å². The largest absolute Gasteiger partial charge is 0.493 e. The van der Waals surface area contributed by atoms with Crippen molar-refractivity contribution in [1.29, 1.82) is 0 Å². The quantitative estimate of drug-likeness (QED) is 0.922. The van der Waals surface area contributed by atoms with E-state index in [1.807, 2.05) is 12.1 Å². The molecule has 0 saturated carbocycles. The number of methoxy groups -OCH3 is 2. The molecular formula is C16H19N3O4. The lowest BCUT2D eigenvalue weighted by molar-refractivity contribution is -0.142. The third kappa shape index (κ3) is 2.86.